The molecule has 2 amide bonds. The fourth-order valence-corrected chi connectivity index (χ4v) is 3.01. The molecule has 0 atom stereocenters. The van der Waals surface area contributed by atoms with E-state index in [1.807, 2.05) is 24.3 Å². The van der Waals surface area contributed by atoms with Crippen molar-refractivity contribution in [3.05, 3.63) is 88.3 Å². The predicted molar refractivity (Wildman–Crippen MR) is 112 cm³/mol. The third-order valence-electron chi connectivity index (χ3n) is 4.47. The van der Waals surface area contributed by atoms with E-state index in [9.17, 15) is 9.18 Å². The smallest absolute Gasteiger partial charge is 0.368 e. The highest BCUT2D eigenvalue weighted by Gasteiger charge is 2.12. The summed E-state index contributed by atoms with van der Waals surface area (Å²) in [7, 11) is 1.58. The normalized spacial score (nSPS) is 11.6. The van der Waals surface area contributed by atoms with Crippen LogP contribution < -0.4 is 25.5 Å². The highest BCUT2D eigenvalue weighted by atomic mass is 35.5. The maximum Gasteiger partial charge on any atom is 0.368 e. The highest BCUT2D eigenvalue weighted by molar-refractivity contribution is 5.85. The largest absolute Gasteiger partial charge is 0.493 e. The van der Waals surface area contributed by atoms with Gasteiger partial charge in [0.2, 0.25) is 0 Å². The number of amides is 2. The average Bonchev–Trinajstić information content (AvgIpc) is 3.11. The molecule has 0 unspecified atom stereocenters. The molecule has 3 aromatic rings. The van der Waals surface area contributed by atoms with Gasteiger partial charge in [-0.25, -0.2) is 9.18 Å². The number of anilines is 1. The summed E-state index contributed by atoms with van der Waals surface area (Å²) in [5.41, 5.74) is 2.55. The van der Waals surface area contributed by atoms with Crippen LogP contribution in [0.25, 0.3) is 0 Å². The van der Waals surface area contributed by atoms with Gasteiger partial charge in [-0.15, -0.1) is 12.4 Å². The van der Waals surface area contributed by atoms with Crippen molar-refractivity contribution >= 4 is 24.1 Å². The summed E-state index contributed by atoms with van der Waals surface area (Å²) < 4.78 is 24.5. The molecule has 0 fully saturated rings. The fraction of sp³-hybridized carbons (Fsp3) is 0.136. The molecule has 0 saturated carbocycles. The van der Waals surface area contributed by atoms with Crippen LogP contribution in [0, 0.1) is 5.82 Å². The molecule has 0 spiro atoms. The molecule has 6 nitrogen and oxygen atoms in total. The molecule has 30 heavy (non-hydrogen) atoms. The second-order valence-corrected chi connectivity index (χ2v) is 6.43. The predicted octanol–water partition coefficient (Wildman–Crippen LogP) is 3.82. The standard InChI is InChI=1S/C22H18FN3O3.ClH/c1-28-20-4-2-3-15(21(20)29-13-14-5-7-16(23)8-6-14)12-24-17-9-10-18-19(11-17)26-22(27)25-18;/h2-11,24H,12-13H2,1H3;1H. The minimum Gasteiger partial charge on any atom is -0.493 e. The summed E-state index contributed by atoms with van der Waals surface area (Å²) in [6, 6.07) is 16.7. The van der Waals surface area contributed by atoms with Crippen LogP contribution in [-0.2, 0) is 13.2 Å². The Morgan fingerprint density at radius 1 is 1.00 bits per heavy atom. The van der Waals surface area contributed by atoms with Crippen molar-refractivity contribution in [3.63, 3.8) is 0 Å². The Morgan fingerprint density at radius 2 is 1.77 bits per heavy atom. The first kappa shape index (κ1) is 21.3. The van der Waals surface area contributed by atoms with E-state index in [1.165, 1.54) is 12.1 Å². The number of urea groups is 1. The van der Waals surface area contributed by atoms with Gasteiger partial charge in [0.25, 0.3) is 0 Å². The first-order valence-electron chi connectivity index (χ1n) is 9.01. The molecular weight excluding hydrogens is 409 g/mol. The van der Waals surface area contributed by atoms with Crippen LogP contribution in [0.4, 0.5) is 14.9 Å². The number of rotatable bonds is 7. The zero-order chi connectivity index (χ0) is 20.2. The third kappa shape index (κ3) is 4.75. The van der Waals surface area contributed by atoms with E-state index in [0.717, 1.165) is 16.8 Å². The molecule has 0 bridgehead atoms. The number of carbonyl (C=O) groups is 1. The number of hydrogen-bond acceptors (Lipinski definition) is 4. The molecule has 8 heteroatoms. The zero-order valence-corrected chi connectivity index (χ0v) is 16.9. The van der Waals surface area contributed by atoms with Crippen molar-refractivity contribution in [1.82, 2.24) is 0 Å². The molecule has 1 aliphatic heterocycles. The van der Waals surface area contributed by atoms with E-state index in [4.69, 9.17) is 9.47 Å². The highest BCUT2D eigenvalue weighted by Crippen LogP contribution is 2.32. The number of nitrogens with one attached hydrogen (secondary N) is 1. The molecule has 1 N–H and O–H groups in total. The second kappa shape index (κ2) is 9.37. The Balaban J connectivity index is 0.00000256. The van der Waals surface area contributed by atoms with E-state index in [2.05, 4.69) is 15.3 Å². The zero-order valence-electron chi connectivity index (χ0n) is 16.1. The number of carbonyl (C=O) groups excluding carboxylic acids is 1. The van der Waals surface area contributed by atoms with Gasteiger partial charge in [0.15, 0.2) is 11.5 Å². The lowest BCUT2D eigenvalue weighted by atomic mass is 10.1. The van der Waals surface area contributed by atoms with E-state index in [1.54, 1.807) is 31.4 Å². The topological polar surface area (TPSA) is 72.3 Å². The lowest BCUT2D eigenvalue weighted by Gasteiger charge is -2.16. The number of ether oxygens (including phenoxy) is 2. The number of benzene rings is 3. The van der Waals surface area contributed by atoms with Gasteiger partial charge in [-0.2, -0.15) is 9.98 Å². The summed E-state index contributed by atoms with van der Waals surface area (Å²) in [6.45, 7) is 0.759. The van der Waals surface area contributed by atoms with Gasteiger partial charge < -0.3 is 14.8 Å². The van der Waals surface area contributed by atoms with E-state index >= 15 is 0 Å². The van der Waals surface area contributed by atoms with Crippen LogP contribution in [0.2, 0.25) is 0 Å². The number of methoxy groups -OCH3 is 1. The van der Waals surface area contributed by atoms with Crippen LogP contribution >= 0.6 is 12.4 Å². The first-order valence-corrected chi connectivity index (χ1v) is 9.01. The molecule has 0 aromatic heterocycles. The van der Waals surface area contributed by atoms with Gasteiger partial charge in [0, 0.05) is 17.8 Å². The summed E-state index contributed by atoms with van der Waals surface area (Å²) in [4.78, 5) is 19.0. The molecule has 0 saturated heterocycles. The number of hydrogen-bond donors (Lipinski definition) is 1. The number of nitrogens with zero attached hydrogens (tertiary/aromatic N) is 2. The molecule has 4 rings (SSSR count). The lowest BCUT2D eigenvalue weighted by molar-refractivity contribution is 0.256. The van der Waals surface area contributed by atoms with Crippen LogP contribution in [0.1, 0.15) is 11.1 Å². The van der Waals surface area contributed by atoms with Gasteiger partial charge >= 0.3 is 6.03 Å². The molecule has 1 heterocycles. The third-order valence-corrected chi connectivity index (χ3v) is 4.47. The van der Waals surface area contributed by atoms with Gasteiger partial charge in [0.1, 0.15) is 12.4 Å². The van der Waals surface area contributed by atoms with Gasteiger partial charge in [-0.05, 0) is 42.0 Å². The van der Waals surface area contributed by atoms with Crippen LogP contribution in [0.5, 0.6) is 11.5 Å². The summed E-state index contributed by atoms with van der Waals surface area (Å²) in [6.07, 6.45) is 0. The first-order chi connectivity index (χ1) is 14.1. The van der Waals surface area contributed by atoms with Gasteiger partial charge in [-0.1, -0.05) is 24.3 Å². The Morgan fingerprint density at radius 3 is 2.53 bits per heavy atom. The average molecular weight is 428 g/mol. The Bertz CT molecular complexity index is 1180. The minimum atomic E-state index is -0.485. The number of fused-ring (bicyclic) bond motifs is 1. The summed E-state index contributed by atoms with van der Waals surface area (Å²) in [5.74, 6) is 0.939. The lowest BCUT2D eigenvalue weighted by Crippen LogP contribution is -2.21. The Kier molecular flexibility index (Phi) is 6.64. The number of halogens is 2. The quantitative estimate of drug-likeness (QED) is 0.622. The van der Waals surface area contributed by atoms with Gasteiger partial charge in [-0.3, -0.25) is 0 Å². The molecule has 0 aliphatic carbocycles. The Hall–Kier alpha value is -3.45. The SMILES string of the molecule is COc1cccc(CNc2ccc3c(c2)=NC(=O)N=3)c1OCc1ccc(F)cc1.Cl. The monoisotopic (exact) mass is 427 g/mol. The van der Waals surface area contributed by atoms with Crippen LogP contribution in [0.3, 0.4) is 0 Å². The van der Waals surface area contributed by atoms with Crippen molar-refractivity contribution < 1.29 is 18.7 Å². The van der Waals surface area contributed by atoms with Gasteiger partial charge in [0.05, 0.1) is 17.8 Å². The molecule has 154 valence electrons. The van der Waals surface area contributed by atoms with Crippen molar-refractivity contribution in [1.29, 1.82) is 0 Å². The van der Waals surface area contributed by atoms with Crippen molar-refractivity contribution in [3.8, 4) is 11.5 Å². The van der Waals surface area contributed by atoms with Crippen LogP contribution in [0.15, 0.2) is 70.6 Å². The maximum absolute atomic E-state index is 13.1. The molecule has 3 aromatic carbocycles. The second-order valence-electron chi connectivity index (χ2n) is 6.43. The Labute approximate surface area is 178 Å². The number of para-hydroxylation sites is 1. The van der Waals surface area contributed by atoms with Crippen molar-refractivity contribution in [2.45, 2.75) is 13.2 Å². The molecule has 0 radical (unpaired) electrons. The van der Waals surface area contributed by atoms with E-state index in [-0.39, 0.29) is 24.8 Å². The van der Waals surface area contributed by atoms with E-state index < -0.39 is 6.03 Å². The summed E-state index contributed by atoms with van der Waals surface area (Å²) >= 11 is 0. The fourth-order valence-electron chi connectivity index (χ4n) is 3.01. The summed E-state index contributed by atoms with van der Waals surface area (Å²) in [5, 5.41) is 4.43. The van der Waals surface area contributed by atoms with Crippen LogP contribution in [-0.4, -0.2) is 13.1 Å². The maximum atomic E-state index is 13.1. The minimum absolute atomic E-state index is 0. The molecular formula is C22H19ClFN3O3. The van der Waals surface area contributed by atoms with E-state index in [0.29, 0.717) is 28.8 Å². The van der Waals surface area contributed by atoms with Crippen molar-refractivity contribution in [2.24, 2.45) is 9.98 Å². The molecule has 1 aliphatic rings. The van der Waals surface area contributed by atoms with Crippen molar-refractivity contribution in [2.75, 3.05) is 12.4 Å².